The Balaban J connectivity index is 2.09. The fraction of sp³-hybridized carbons (Fsp3) is 0.188. The van der Waals surface area contributed by atoms with E-state index in [4.69, 9.17) is 0 Å². The quantitative estimate of drug-likeness (QED) is 0.778. The average Bonchev–Trinajstić information content (AvgIpc) is 2.74. The molecular formula is C16H14N2O3S. The number of thiophene rings is 1. The van der Waals surface area contributed by atoms with Gasteiger partial charge in [-0.2, -0.15) is 0 Å². The summed E-state index contributed by atoms with van der Waals surface area (Å²) >= 11 is 1.48. The summed E-state index contributed by atoms with van der Waals surface area (Å²) in [6.07, 6.45) is 0.281. The second kappa shape index (κ2) is 5.38. The van der Waals surface area contributed by atoms with E-state index in [9.17, 15) is 14.7 Å². The van der Waals surface area contributed by atoms with Crippen molar-refractivity contribution < 1.29 is 9.90 Å². The number of hydrogen-bond donors (Lipinski definition) is 2. The van der Waals surface area contributed by atoms with Crippen LogP contribution in [0.4, 0.5) is 0 Å². The van der Waals surface area contributed by atoms with Gasteiger partial charge >= 0.3 is 5.97 Å². The van der Waals surface area contributed by atoms with Crippen LogP contribution in [0.5, 0.6) is 0 Å². The van der Waals surface area contributed by atoms with Gasteiger partial charge in [0.2, 0.25) is 0 Å². The zero-order chi connectivity index (χ0) is 15.9. The average molecular weight is 314 g/mol. The number of aryl methyl sites for hydroxylation is 2. The molecule has 0 radical (unpaired) electrons. The van der Waals surface area contributed by atoms with E-state index in [0.29, 0.717) is 21.6 Å². The van der Waals surface area contributed by atoms with Crippen LogP contribution in [-0.2, 0) is 6.42 Å². The highest BCUT2D eigenvalue weighted by molar-refractivity contribution is 7.18. The summed E-state index contributed by atoms with van der Waals surface area (Å²) in [4.78, 5) is 32.5. The van der Waals surface area contributed by atoms with Crippen LogP contribution in [0.3, 0.4) is 0 Å². The van der Waals surface area contributed by atoms with Gasteiger partial charge in [-0.3, -0.25) is 4.79 Å². The number of carbonyl (C=O) groups is 1. The molecule has 3 rings (SSSR count). The van der Waals surface area contributed by atoms with E-state index in [1.165, 1.54) is 11.3 Å². The highest BCUT2D eigenvalue weighted by Crippen LogP contribution is 2.26. The number of H-pyrrole nitrogens is 1. The van der Waals surface area contributed by atoms with Crippen molar-refractivity contribution in [3.63, 3.8) is 0 Å². The molecule has 0 saturated heterocycles. The molecule has 0 spiro atoms. The molecule has 0 bridgehead atoms. The van der Waals surface area contributed by atoms with Gasteiger partial charge in [-0.1, -0.05) is 18.2 Å². The van der Waals surface area contributed by atoms with Crippen LogP contribution >= 0.6 is 11.3 Å². The number of benzene rings is 1. The van der Waals surface area contributed by atoms with E-state index in [0.717, 1.165) is 10.4 Å². The second-order valence-corrected chi connectivity index (χ2v) is 6.32. The van der Waals surface area contributed by atoms with E-state index in [-0.39, 0.29) is 17.5 Å². The first kappa shape index (κ1) is 14.5. The summed E-state index contributed by atoms with van der Waals surface area (Å²) in [5.74, 6) is -0.505. The maximum absolute atomic E-state index is 12.2. The highest BCUT2D eigenvalue weighted by Gasteiger charge is 2.14. The van der Waals surface area contributed by atoms with Crippen molar-refractivity contribution >= 4 is 27.5 Å². The first-order valence-corrected chi connectivity index (χ1v) is 7.59. The molecule has 0 aliphatic carbocycles. The number of nitrogens with zero attached hydrogens (tertiary/aromatic N) is 1. The van der Waals surface area contributed by atoms with Crippen molar-refractivity contribution in [3.8, 4) is 0 Å². The molecule has 5 nitrogen and oxygen atoms in total. The van der Waals surface area contributed by atoms with Crippen LogP contribution in [0.2, 0.25) is 0 Å². The molecule has 0 aliphatic rings. The van der Waals surface area contributed by atoms with Crippen molar-refractivity contribution in [1.82, 2.24) is 9.97 Å². The largest absolute Gasteiger partial charge is 0.478 e. The standard InChI is InChI=1S/C16H14N2O3S/c1-8-9(2)22-15-13(8)14(19)17-12(18-15)7-10-5-3-4-6-11(10)16(20)21/h3-6H,7H2,1-2H3,(H,20,21)(H,17,18,19). The molecule has 6 heteroatoms. The molecule has 22 heavy (non-hydrogen) atoms. The SMILES string of the molecule is Cc1sc2nc(Cc3ccccc3C(=O)O)[nH]c(=O)c2c1C. The lowest BCUT2D eigenvalue weighted by molar-refractivity contribution is 0.0696. The zero-order valence-electron chi connectivity index (χ0n) is 12.1. The molecule has 0 amide bonds. The third kappa shape index (κ3) is 2.42. The Hall–Kier alpha value is -2.47. The van der Waals surface area contributed by atoms with Crippen LogP contribution in [0, 0.1) is 13.8 Å². The lowest BCUT2D eigenvalue weighted by atomic mass is 10.0. The minimum absolute atomic E-state index is 0.172. The van der Waals surface area contributed by atoms with E-state index in [1.807, 2.05) is 13.8 Å². The molecule has 2 N–H and O–H groups in total. The second-order valence-electron chi connectivity index (χ2n) is 5.12. The number of nitrogens with one attached hydrogen (secondary N) is 1. The molecule has 3 aromatic rings. The predicted molar refractivity (Wildman–Crippen MR) is 85.9 cm³/mol. The van der Waals surface area contributed by atoms with Crippen LogP contribution in [0.1, 0.15) is 32.2 Å². The van der Waals surface area contributed by atoms with E-state index >= 15 is 0 Å². The highest BCUT2D eigenvalue weighted by atomic mass is 32.1. The van der Waals surface area contributed by atoms with Gasteiger partial charge in [0.15, 0.2) is 0 Å². The topological polar surface area (TPSA) is 83.0 Å². The summed E-state index contributed by atoms with van der Waals surface area (Å²) in [5, 5.41) is 9.84. The van der Waals surface area contributed by atoms with E-state index in [1.54, 1.807) is 24.3 Å². The number of aromatic amines is 1. The smallest absolute Gasteiger partial charge is 0.335 e. The predicted octanol–water partition coefficient (Wildman–Crippen LogP) is 2.89. The number of fused-ring (bicyclic) bond motifs is 1. The van der Waals surface area contributed by atoms with Crippen molar-refractivity contribution in [2.24, 2.45) is 0 Å². The summed E-state index contributed by atoms with van der Waals surface area (Å²) in [6.45, 7) is 3.87. The van der Waals surface area contributed by atoms with Gasteiger partial charge in [-0.05, 0) is 31.0 Å². The fourth-order valence-electron chi connectivity index (χ4n) is 2.45. The molecular weight excluding hydrogens is 300 g/mol. The normalized spacial score (nSPS) is 11.0. The van der Waals surface area contributed by atoms with Gasteiger partial charge in [-0.15, -0.1) is 11.3 Å². The molecule has 2 heterocycles. The summed E-state index contributed by atoms with van der Waals surface area (Å²) in [7, 11) is 0. The van der Waals surface area contributed by atoms with E-state index < -0.39 is 5.97 Å². The number of rotatable bonds is 3. The van der Waals surface area contributed by atoms with Crippen molar-refractivity contribution in [2.75, 3.05) is 0 Å². The third-order valence-corrected chi connectivity index (χ3v) is 4.79. The Labute approximate surface area is 130 Å². The fourth-order valence-corrected chi connectivity index (χ4v) is 3.50. The molecule has 0 aliphatic heterocycles. The number of aromatic nitrogens is 2. The maximum Gasteiger partial charge on any atom is 0.335 e. The molecule has 112 valence electrons. The Morgan fingerprint density at radius 2 is 2.05 bits per heavy atom. The van der Waals surface area contributed by atoms with Gasteiger partial charge in [0, 0.05) is 11.3 Å². The van der Waals surface area contributed by atoms with Crippen LogP contribution in [-0.4, -0.2) is 21.0 Å². The molecule has 0 fully saturated rings. The Kier molecular flexibility index (Phi) is 3.54. The minimum Gasteiger partial charge on any atom is -0.478 e. The van der Waals surface area contributed by atoms with Crippen molar-refractivity contribution in [3.05, 3.63) is 62.0 Å². The van der Waals surface area contributed by atoms with Crippen LogP contribution in [0.15, 0.2) is 29.1 Å². The Morgan fingerprint density at radius 3 is 2.77 bits per heavy atom. The number of aromatic carboxylic acids is 1. The van der Waals surface area contributed by atoms with Gasteiger partial charge in [0.05, 0.1) is 10.9 Å². The lowest BCUT2D eigenvalue weighted by Crippen LogP contribution is -2.13. The van der Waals surface area contributed by atoms with Gasteiger partial charge in [-0.25, -0.2) is 9.78 Å². The first-order valence-electron chi connectivity index (χ1n) is 6.77. The van der Waals surface area contributed by atoms with Crippen molar-refractivity contribution in [1.29, 1.82) is 0 Å². The van der Waals surface area contributed by atoms with Gasteiger partial charge in [0.25, 0.3) is 5.56 Å². The number of carboxylic acid groups (broad SMARTS) is 1. The summed E-state index contributed by atoms with van der Waals surface area (Å²) < 4.78 is 0. The van der Waals surface area contributed by atoms with E-state index in [2.05, 4.69) is 9.97 Å². The maximum atomic E-state index is 12.2. The third-order valence-electron chi connectivity index (χ3n) is 3.69. The Bertz CT molecular complexity index is 940. The minimum atomic E-state index is -0.984. The van der Waals surface area contributed by atoms with Crippen LogP contribution in [0.25, 0.3) is 10.2 Å². The monoisotopic (exact) mass is 314 g/mol. The molecule has 0 saturated carbocycles. The molecule has 1 aromatic carbocycles. The zero-order valence-corrected chi connectivity index (χ0v) is 13.0. The molecule has 0 atom stereocenters. The number of carboxylic acids is 1. The Morgan fingerprint density at radius 1 is 1.32 bits per heavy atom. The molecule has 2 aromatic heterocycles. The van der Waals surface area contributed by atoms with Gasteiger partial charge in [0.1, 0.15) is 10.7 Å². The first-order chi connectivity index (χ1) is 10.5. The number of hydrogen-bond acceptors (Lipinski definition) is 4. The summed E-state index contributed by atoms with van der Waals surface area (Å²) in [5.41, 5.74) is 1.63. The molecule has 0 unspecified atom stereocenters. The van der Waals surface area contributed by atoms with Gasteiger partial charge < -0.3 is 10.1 Å². The summed E-state index contributed by atoms with van der Waals surface area (Å²) in [6, 6.07) is 6.74. The van der Waals surface area contributed by atoms with Crippen molar-refractivity contribution in [2.45, 2.75) is 20.3 Å². The lowest BCUT2D eigenvalue weighted by Gasteiger charge is -2.05. The van der Waals surface area contributed by atoms with Crippen LogP contribution < -0.4 is 5.56 Å².